The molecule has 0 atom stereocenters. The van der Waals surface area contributed by atoms with Gasteiger partial charge in [-0.25, -0.2) is 5.43 Å². The second-order valence-corrected chi connectivity index (χ2v) is 4.88. The van der Waals surface area contributed by atoms with E-state index in [1.54, 1.807) is 30.3 Å². The van der Waals surface area contributed by atoms with Gasteiger partial charge in [0.05, 0.1) is 6.21 Å². The monoisotopic (exact) mass is 367 g/mol. The highest BCUT2D eigenvalue weighted by molar-refractivity contribution is 14.1. The highest BCUT2D eigenvalue weighted by Gasteiger charge is 2.03. The average molecular weight is 367 g/mol. The van der Waals surface area contributed by atoms with Crippen LogP contribution in [0.4, 0.5) is 0 Å². The molecule has 6 heteroatoms. The molecule has 0 aliphatic rings. The lowest BCUT2D eigenvalue weighted by Gasteiger charge is -2.00. The van der Waals surface area contributed by atoms with E-state index in [0.29, 0.717) is 11.1 Å². The van der Waals surface area contributed by atoms with Crippen molar-refractivity contribution in [1.82, 2.24) is 10.4 Å². The summed E-state index contributed by atoms with van der Waals surface area (Å²) < 4.78 is 0.970. The fraction of sp³-hybridized carbons (Fsp3) is 0. The van der Waals surface area contributed by atoms with Crippen LogP contribution in [0.25, 0.3) is 0 Å². The van der Waals surface area contributed by atoms with Gasteiger partial charge in [0.2, 0.25) is 0 Å². The Balaban J connectivity index is 2.04. The van der Waals surface area contributed by atoms with E-state index in [4.69, 9.17) is 0 Å². The van der Waals surface area contributed by atoms with Gasteiger partial charge in [-0.3, -0.25) is 9.78 Å². The number of halogens is 1. The molecule has 0 fully saturated rings. The minimum atomic E-state index is -0.330. The second-order valence-electron chi connectivity index (χ2n) is 3.64. The van der Waals surface area contributed by atoms with Crippen LogP contribution in [0.5, 0.6) is 5.75 Å². The molecular formula is C13H10IN3O2. The van der Waals surface area contributed by atoms with Crippen LogP contribution < -0.4 is 5.43 Å². The van der Waals surface area contributed by atoms with Crippen molar-refractivity contribution in [3.05, 3.63) is 57.4 Å². The highest BCUT2D eigenvalue weighted by atomic mass is 127. The molecule has 2 rings (SSSR count). The number of hydrogen-bond acceptors (Lipinski definition) is 4. The first kappa shape index (κ1) is 13.5. The van der Waals surface area contributed by atoms with Crippen molar-refractivity contribution in [3.63, 3.8) is 0 Å². The Morgan fingerprint density at radius 2 is 2.05 bits per heavy atom. The van der Waals surface area contributed by atoms with E-state index in [9.17, 15) is 9.90 Å². The van der Waals surface area contributed by atoms with Crippen molar-refractivity contribution in [2.45, 2.75) is 0 Å². The molecule has 0 unspecified atom stereocenters. The van der Waals surface area contributed by atoms with E-state index in [2.05, 4.69) is 38.1 Å². The molecule has 1 amide bonds. The van der Waals surface area contributed by atoms with E-state index in [1.807, 2.05) is 0 Å². The molecule has 2 aromatic rings. The van der Waals surface area contributed by atoms with Crippen LogP contribution in [0.1, 0.15) is 15.9 Å². The van der Waals surface area contributed by atoms with Crippen molar-refractivity contribution in [2.24, 2.45) is 5.10 Å². The van der Waals surface area contributed by atoms with Crippen molar-refractivity contribution in [1.29, 1.82) is 0 Å². The smallest absolute Gasteiger partial charge is 0.271 e. The number of nitrogens with zero attached hydrogens (tertiary/aromatic N) is 2. The maximum atomic E-state index is 11.7. The number of hydrogen-bond donors (Lipinski definition) is 2. The normalized spacial score (nSPS) is 10.6. The molecule has 1 aromatic heterocycles. The van der Waals surface area contributed by atoms with E-state index >= 15 is 0 Å². The third-order valence-electron chi connectivity index (χ3n) is 2.30. The van der Waals surface area contributed by atoms with E-state index in [-0.39, 0.29) is 11.7 Å². The number of carbonyl (C=O) groups excluding carboxylic acids is 1. The van der Waals surface area contributed by atoms with Gasteiger partial charge in [0, 0.05) is 27.1 Å². The van der Waals surface area contributed by atoms with Crippen LogP contribution in [-0.4, -0.2) is 22.2 Å². The molecule has 0 saturated carbocycles. The van der Waals surface area contributed by atoms with Crippen molar-refractivity contribution < 1.29 is 9.90 Å². The maximum Gasteiger partial charge on any atom is 0.271 e. The largest absolute Gasteiger partial charge is 0.507 e. The molecule has 0 bridgehead atoms. The summed E-state index contributed by atoms with van der Waals surface area (Å²) in [6.45, 7) is 0. The van der Waals surface area contributed by atoms with Gasteiger partial charge < -0.3 is 5.11 Å². The zero-order chi connectivity index (χ0) is 13.7. The summed E-state index contributed by atoms with van der Waals surface area (Å²) in [5.41, 5.74) is 3.40. The van der Waals surface area contributed by atoms with E-state index < -0.39 is 0 Å². The average Bonchev–Trinajstić information content (AvgIpc) is 2.43. The number of carbonyl (C=O) groups is 1. The number of amides is 1. The van der Waals surface area contributed by atoms with Crippen LogP contribution >= 0.6 is 22.6 Å². The van der Waals surface area contributed by atoms with Gasteiger partial charge in [-0.1, -0.05) is 0 Å². The molecule has 0 aliphatic carbocycles. The van der Waals surface area contributed by atoms with Gasteiger partial charge >= 0.3 is 0 Å². The molecule has 0 spiro atoms. The molecule has 0 radical (unpaired) electrons. The number of phenols is 1. The summed E-state index contributed by atoms with van der Waals surface area (Å²) in [6, 6.07) is 8.30. The molecule has 1 heterocycles. The summed E-state index contributed by atoms with van der Waals surface area (Å²) in [5.74, 6) is -0.217. The number of benzene rings is 1. The first-order valence-electron chi connectivity index (χ1n) is 5.39. The summed E-state index contributed by atoms with van der Waals surface area (Å²) in [4.78, 5) is 15.5. The first-order chi connectivity index (χ1) is 9.16. The summed E-state index contributed by atoms with van der Waals surface area (Å²) in [6.07, 6.45) is 4.46. The summed E-state index contributed by atoms with van der Waals surface area (Å²) >= 11 is 2.13. The number of pyridine rings is 1. The number of aromatic hydroxyl groups is 1. The number of rotatable bonds is 3. The van der Waals surface area contributed by atoms with Crippen molar-refractivity contribution >= 4 is 34.7 Å². The lowest BCUT2D eigenvalue weighted by molar-refractivity contribution is 0.0955. The first-order valence-corrected chi connectivity index (χ1v) is 6.46. The fourth-order valence-corrected chi connectivity index (χ4v) is 1.87. The van der Waals surface area contributed by atoms with Crippen LogP contribution in [0.15, 0.2) is 47.8 Å². The van der Waals surface area contributed by atoms with Crippen molar-refractivity contribution in [3.8, 4) is 5.75 Å². The van der Waals surface area contributed by atoms with Crippen molar-refractivity contribution in [2.75, 3.05) is 0 Å². The third-order valence-corrected chi connectivity index (χ3v) is 2.97. The number of nitrogens with one attached hydrogen (secondary N) is 1. The Labute approximate surface area is 123 Å². The molecule has 1 aromatic carbocycles. The van der Waals surface area contributed by atoms with Gasteiger partial charge in [0.1, 0.15) is 5.75 Å². The standard InChI is InChI=1S/C13H10IN3O2/c14-11-1-2-12(18)10(7-11)8-16-17-13(19)9-3-5-15-6-4-9/h1-8,18H,(H,17,19). The molecule has 5 nitrogen and oxygen atoms in total. The topological polar surface area (TPSA) is 74.6 Å². The fourth-order valence-electron chi connectivity index (χ4n) is 1.36. The summed E-state index contributed by atoms with van der Waals surface area (Å²) in [5, 5.41) is 13.4. The van der Waals surface area contributed by atoms with Gasteiger partial charge in [0.25, 0.3) is 5.91 Å². The SMILES string of the molecule is O=C(NN=Cc1cc(I)ccc1O)c1ccncc1. The zero-order valence-corrected chi connectivity index (χ0v) is 11.9. The quantitative estimate of drug-likeness (QED) is 0.496. The van der Waals surface area contributed by atoms with Crippen LogP contribution in [0.2, 0.25) is 0 Å². The highest BCUT2D eigenvalue weighted by Crippen LogP contribution is 2.17. The van der Waals surface area contributed by atoms with Gasteiger partial charge in [-0.15, -0.1) is 0 Å². The predicted molar refractivity (Wildman–Crippen MR) is 80.1 cm³/mol. The van der Waals surface area contributed by atoms with Crippen LogP contribution in [0, 0.1) is 3.57 Å². The lowest BCUT2D eigenvalue weighted by Crippen LogP contribution is -2.17. The molecule has 0 aliphatic heterocycles. The number of hydrazone groups is 1. The molecule has 19 heavy (non-hydrogen) atoms. The van der Waals surface area contributed by atoms with Crippen LogP contribution in [-0.2, 0) is 0 Å². The van der Waals surface area contributed by atoms with Gasteiger partial charge in [-0.05, 0) is 52.9 Å². The Morgan fingerprint density at radius 3 is 2.79 bits per heavy atom. The number of phenolic OH excluding ortho intramolecular Hbond substituents is 1. The minimum Gasteiger partial charge on any atom is -0.507 e. The van der Waals surface area contributed by atoms with E-state index in [1.165, 1.54) is 18.6 Å². The Hall–Kier alpha value is -1.96. The third kappa shape index (κ3) is 3.75. The zero-order valence-electron chi connectivity index (χ0n) is 9.75. The molecule has 0 saturated heterocycles. The number of aromatic nitrogens is 1. The molecule has 96 valence electrons. The minimum absolute atomic E-state index is 0.113. The maximum absolute atomic E-state index is 11.7. The van der Waals surface area contributed by atoms with E-state index in [0.717, 1.165) is 3.57 Å². The van der Waals surface area contributed by atoms with Gasteiger partial charge in [0.15, 0.2) is 0 Å². The van der Waals surface area contributed by atoms with Gasteiger partial charge in [-0.2, -0.15) is 5.10 Å². The molecular weight excluding hydrogens is 357 g/mol. The summed E-state index contributed by atoms with van der Waals surface area (Å²) in [7, 11) is 0. The predicted octanol–water partition coefficient (Wildman–Crippen LogP) is 2.16. The van der Waals surface area contributed by atoms with Crippen LogP contribution in [0.3, 0.4) is 0 Å². The Morgan fingerprint density at radius 1 is 1.32 bits per heavy atom. The Bertz CT molecular complexity index is 615. The molecule has 2 N–H and O–H groups in total. The lowest BCUT2D eigenvalue weighted by atomic mass is 10.2. The Kier molecular flexibility index (Phi) is 4.45. The second kappa shape index (κ2) is 6.28.